The molecule has 0 aliphatic rings. The maximum Gasteiger partial charge on any atom is 0.0420 e. The number of aromatic nitrogens is 1. The van der Waals surface area contributed by atoms with Crippen molar-refractivity contribution in [1.29, 1.82) is 0 Å². The summed E-state index contributed by atoms with van der Waals surface area (Å²) in [5, 5.41) is 4.31. The molecule has 0 spiro atoms. The number of likely N-dealkylation sites (N-methyl/N-ethyl adjacent to an activating group) is 1. The molecule has 1 aromatic carbocycles. The lowest BCUT2D eigenvalue weighted by atomic mass is 9.98. The second kappa shape index (κ2) is 6.69. The zero-order chi connectivity index (χ0) is 13.7. The maximum absolute atomic E-state index is 6.05. The highest BCUT2D eigenvalue weighted by molar-refractivity contribution is 6.30. The van der Waals surface area contributed by atoms with Gasteiger partial charge in [-0.25, -0.2) is 0 Å². The molecule has 0 radical (unpaired) electrons. The zero-order valence-electron chi connectivity index (χ0n) is 11.4. The van der Waals surface area contributed by atoms with Crippen LogP contribution < -0.4 is 5.32 Å². The Bertz CT molecular complexity index is 540. The largest absolute Gasteiger partial charge is 0.310 e. The lowest BCUT2D eigenvalue weighted by Crippen LogP contribution is -2.24. The second-order valence-corrected chi connectivity index (χ2v) is 5.06. The van der Waals surface area contributed by atoms with E-state index in [-0.39, 0.29) is 6.04 Å². The van der Waals surface area contributed by atoms with Gasteiger partial charge < -0.3 is 5.32 Å². The minimum Gasteiger partial charge on any atom is -0.310 e. The molecule has 2 aromatic rings. The average Bonchev–Trinajstić information content (AvgIpc) is 2.39. The van der Waals surface area contributed by atoms with Crippen LogP contribution in [0.3, 0.4) is 0 Å². The molecule has 0 amide bonds. The fourth-order valence-electron chi connectivity index (χ4n) is 2.30. The van der Waals surface area contributed by atoms with Gasteiger partial charge in [0.05, 0.1) is 0 Å². The Balaban J connectivity index is 2.24. The highest BCUT2D eigenvalue weighted by Crippen LogP contribution is 2.22. The van der Waals surface area contributed by atoms with Crippen molar-refractivity contribution in [3.8, 4) is 0 Å². The number of hydrogen-bond acceptors (Lipinski definition) is 2. The van der Waals surface area contributed by atoms with Crippen molar-refractivity contribution in [2.45, 2.75) is 26.3 Å². The molecule has 2 rings (SSSR count). The van der Waals surface area contributed by atoms with Crippen molar-refractivity contribution in [3.05, 3.63) is 64.4 Å². The summed E-state index contributed by atoms with van der Waals surface area (Å²) in [6, 6.07) is 12.4. The predicted molar refractivity (Wildman–Crippen MR) is 80.5 cm³/mol. The van der Waals surface area contributed by atoms with Crippen LogP contribution in [0.25, 0.3) is 0 Å². The van der Waals surface area contributed by atoms with E-state index in [4.69, 9.17) is 11.6 Å². The number of pyridine rings is 1. The summed E-state index contributed by atoms with van der Waals surface area (Å²) >= 11 is 6.05. The normalized spacial score (nSPS) is 12.4. The Morgan fingerprint density at radius 3 is 2.79 bits per heavy atom. The van der Waals surface area contributed by atoms with Gasteiger partial charge in [-0.05, 0) is 49.2 Å². The number of nitrogens with zero attached hydrogens (tertiary/aromatic N) is 1. The van der Waals surface area contributed by atoms with Gasteiger partial charge >= 0.3 is 0 Å². The molecule has 0 bridgehead atoms. The molecule has 1 N–H and O–H groups in total. The quantitative estimate of drug-likeness (QED) is 0.893. The fourth-order valence-corrected chi connectivity index (χ4v) is 2.52. The SMILES string of the molecule is CCNC(Cc1cccc(Cl)c1)c1cccnc1C. The summed E-state index contributed by atoms with van der Waals surface area (Å²) in [5.41, 5.74) is 3.57. The predicted octanol–water partition coefficient (Wildman–Crippen LogP) is 3.94. The third-order valence-electron chi connectivity index (χ3n) is 3.20. The van der Waals surface area contributed by atoms with Crippen LogP contribution in [0.1, 0.15) is 29.8 Å². The maximum atomic E-state index is 6.05. The smallest absolute Gasteiger partial charge is 0.0420 e. The number of benzene rings is 1. The summed E-state index contributed by atoms with van der Waals surface area (Å²) in [6.07, 6.45) is 2.75. The molecule has 1 unspecified atom stereocenters. The zero-order valence-corrected chi connectivity index (χ0v) is 12.1. The topological polar surface area (TPSA) is 24.9 Å². The van der Waals surface area contributed by atoms with Crippen molar-refractivity contribution < 1.29 is 0 Å². The van der Waals surface area contributed by atoms with Gasteiger partial charge in [0.2, 0.25) is 0 Å². The lowest BCUT2D eigenvalue weighted by Gasteiger charge is -2.20. The van der Waals surface area contributed by atoms with E-state index in [0.29, 0.717) is 0 Å². The molecule has 0 saturated carbocycles. The van der Waals surface area contributed by atoms with E-state index in [1.807, 2.05) is 30.5 Å². The van der Waals surface area contributed by atoms with Crippen LogP contribution in [0.2, 0.25) is 5.02 Å². The van der Waals surface area contributed by atoms with Crippen LogP contribution in [0.15, 0.2) is 42.6 Å². The van der Waals surface area contributed by atoms with Gasteiger partial charge in [-0.3, -0.25) is 4.98 Å². The average molecular weight is 275 g/mol. The van der Waals surface area contributed by atoms with Crippen LogP contribution in [-0.4, -0.2) is 11.5 Å². The first-order valence-corrected chi connectivity index (χ1v) is 6.98. The van der Waals surface area contributed by atoms with E-state index < -0.39 is 0 Å². The fraction of sp³-hybridized carbons (Fsp3) is 0.312. The first kappa shape index (κ1) is 14.0. The van der Waals surface area contributed by atoms with Crippen molar-refractivity contribution in [3.63, 3.8) is 0 Å². The molecule has 0 fully saturated rings. The van der Waals surface area contributed by atoms with E-state index in [1.54, 1.807) is 0 Å². The Hall–Kier alpha value is -1.38. The highest BCUT2D eigenvalue weighted by atomic mass is 35.5. The summed E-state index contributed by atoms with van der Waals surface area (Å²) in [5.74, 6) is 0. The Labute approximate surface area is 119 Å². The molecular formula is C16H19ClN2. The summed E-state index contributed by atoms with van der Waals surface area (Å²) < 4.78 is 0. The first-order valence-electron chi connectivity index (χ1n) is 6.60. The minimum atomic E-state index is 0.275. The van der Waals surface area contributed by atoms with Gasteiger partial charge in [0, 0.05) is 23.0 Å². The van der Waals surface area contributed by atoms with E-state index in [9.17, 15) is 0 Å². The molecule has 2 nitrogen and oxygen atoms in total. The third kappa shape index (κ3) is 3.79. The molecule has 0 saturated heterocycles. The van der Waals surface area contributed by atoms with E-state index >= 15 is 0 Å². The van der Waals surface area contributed by atoms with Gasteiger partial charge in [-0.15, -0.1) is 0 Å². The Morgan fingerprint density at radius 1 is 1.26 bits per heavy atom. The lowest BCUT2D eigenvalue weighted by molar-refractivity contribution is 0.545. The van der Waals surface area contributed by atoms with Gasteiger partial charge in [-0.2, -0.15) is 0 Å². The molecule has 0 aliphatic carbocycles. The van der Waals surface area contributed by atoms with Crippen molar-refractivity contribution in [2.24, 2.45) is 0 Å². The molecule has 1 heterocycles. The summed E-state index contributed by atoms with van der Waals surface area (Å²) in [4.78, 5) is 4.38. The van der Waals surface area contributed by atoms with Crippen LogP contribution >= 0.6 is 11.6 Å². The number of aryl methyl sites for hydroxylation is 1. The highest BCUT2D eigenvalue weighted by Gasteiger charge is 2.13. The molecular weight excluding hydrogens is 256 g/mol. The van der Waals surface area contributed by atoms with Gasteiger partial charge in [0.15, 0.2) is 0 Å². The van der Waals surface area contributed by atoms with Crippen molar-refractivity contribution in [1.82, 2.24) is 10.3 Å². The minimum absolute atomic E-state index is 0.275. The van der Waals surface area contributed by atoms with Crippen LogP contribution in [0.5, 0.6) is 0 Å². The number of rotatable bonds is 5. The monoisotopic (exact) mass is 274 g/mol. The van der Waals surface area contributed by atoms with E-state index in [0.717, 1.165) is 23.7 Å². The molecule has 100 valence electrons. The van der Waals surface area contributed by atoms with Crippen molar-refractivity contribution in [2.75, 3.05) is 6.54 Å². The van der Waals surface area contributed by atoms with Crippen LogP contribution in [0.4, 0.5) is 0 Å². The first-order chi connectivity index (χ1) is 9.20. The standard InChI is InChI=1S/C16H19ClN2/c1-3-18-16(15-8-5-9-19-12(15)2)11-13-6-4-7-14(17)10-13/h4-10,16,18H,3,11H2,1-2H3. The number of nitrogens with one attached hydrogen (secondary N) is 1. The van der Waals surface area contributed by atoms with Crippen LogP contribution in [-0.2, 0) is 6.42 Å². The van der Waals surface area contributed by atoms with E-state index in [1.165, 1.54) is 11.1 Å². The van der Waals surface area contributed by atoms with Gasteiger partial charge in [0.1, 0.15) is 0 Å². The molecule has 19 heavy (non-hydrogen) atoms. The third-order valence-corrected chi connectivity index (χ3v) is 3.44. The Kier molecular flexibility index (Phi) is 4.94. The van der Waals surface area contributed by atoms with Crippen molar-refractivity contribution >= 4 is 11.6 Å². The second-order valence-electron chi connectivity index (χ2n) is 4.62. The summed E-state index contributed by atoms with van der Waals surface area (Å²) in [6.45, 7) is 5.11. The molecule has 0 aliphatic heterocycles. The molecule has 1 aromatic heterocycles. The Morgan fingerprint density at radius 2 is 2.11 bits per heavy atom. The number of halogens is 1. The van der Waals surface area contributed by atoms with E-state index in [2.05, 4.69) is 36.3 Å². The van der Waals surface area contributed by atoms with Crippen LogP contribution in [0, 0.1) is 6.92 Å². The molecule has 1 atom stereocenters. The molecule has 3 heteroatoms. The number of hydrogen-bond donors (Lipinski definition) is 1. The van der Waals surface area contributed by atoms with Gasteiger partial charge in [0.25, 0.3) is 0 Å². The van der Waals surface area contributed by atoms with Gasteiger partial charge in [-0.1, -0.05) is 36.7 Å². The summed E-state index contributed by atoms with van der Waals surface area (Å²) in [7, 11) is 0.